The van der Waals surface area contributed by atoms with Gasteiger partial charge in [0.25, 0.3) is 0 Å². The molecule has 1 aliphatic heterocycles. The summed E-state index contributed by atoms with van der Waals surface area (Å²) in [5, 5.41) is 0.474. The van der Waals surface area contributed by atoms with Crippen molar-refractivity contribution < 1.29 is 9.53 Å². The smallest absolute Gasteiger partial charge is 0.310 e. The van der Waals surface area contributed by atoms with Crippen molar-refractivity contribution >= 4 is 23.3 Å². The van der Waals surface area contributed by atoms with E-state index in [4.69, 9.17) is 16.3 Å². The number of nitrogens with zero attached hydrogens (tertiary/aromatic N) is 2. The van der Waals surface area contributed by atoms with Gasteiger partial charge in [-0.3, -0.25) is 4.79 Å². The normalized spacial score (nSPS) is 19.4. The molecule has 0 N–H and O–H groups in total. The zero-order valence-corrected chi connectivity index (χ0v) is 10.5. The van der Waals surface area contributed by atoms with E-state index < -0.39 is 0 Å². The first-order valence-corrected chi connectivity index (χ1v) is 6.11. The number of aromatic nitrogens is 1. The second-order valence-corrected chi connectivity index (χ2v) is 4.41. The van der Waals surface area contributed by atoms with E-state index in [2.05, 4.69) is 9.88 Å². The summed E-state index contributed by atoms with van der Waals surface area (Å²) in [5.41, 5.74) is 1.01. The van der Waals surface area contributed by atoms with Crippen molar-refractivity contribution in [2.45, 2.75) is 13.3 Å². The highest BCUT2D eigenvalue weighted by molar-refractivity contribution is 6.29. The maximum absolute atomic E-state index is 11.6. The molecule has 4 nitrogen and oxygen atoms in total. The zero-order chi connectivity index (χ0) is 12.3. The lowest BCUT2D eigenvalue weighted by Gasteiger charge is -2.18. The number of hydrogen-bond acceptors (Lipinski definition) is 4. The molecule has 5 heteroatoms. The Bertz CT molecular complexity index is 411. The van der Waals surface area contributed by atoms with Crippen LogP contribution < -0.4 is 4.90 Å². The van der Waals surface area contributed by atoms with Crippen LogP contribution in [0.3, 0.4) is 0 Å². The molecule has 1 aromatic rings. The average Bonchev–Trinajstić information content (AvgIpc) is 2.78. The van der Waals surface area contributed by atoms with Crippen LogP contribution in [0.4, 0.5) is 5.69 Å². The van der Waals surface area contributed by atoms with Crippen LogP contribution in [-0.2, 0) is 9.53 Å². The molecule has 1 aliphatic rings. The molecule has 1 fully saturated rings. The topological polar surface area (TPSA) is 42.4 Å². The summed E-state index contributed by atoms with van der Waals surface area (Å²) in [6, 6.07) is 3.72. The maximum Gasteiger partial charge on any atom is 0.310 e. The van der Waals surface area contributed by atoms with E-state index in [0.717, 1.165) is 18.7 Å². The lowest BCUT2D eigenvalue weighted by Crippen LogP contribution is -2.24. The number of pyridine rings is 1. The predicted molar refractivity (Wildman–Crippen MR) is 66.2 cm³/mol. The van der Waals surface area contributed by atoms with Gasteiger partial charge in [-0.1, -0.05) is 11.6 Å². The van der Waals surface area contributed by atoms with Gasteiger partial charge in [0.1, 0.15) is 5.15 Å². The van der Waals surface area contributed by atoms with Crippen molar-refractivity contribution in [3.63, 3.8) is 0 Å². The van der Waals surface area contributed by atoms with Crippen LogP contribution in [0, 0.1) is 5.92 Å². The highest BCUT2D eigenvalue weighted by Crippen LogP contribution is 2.25. The number of halogens is 1. The van der Waals surface area contributed by atoms with E-state index in [1.54, 1.807) is 6.20 Å². The Morgan fingerprint density at radius 1 is 1.71 bits per heavy atom. The zero-order valence-electron chi connectivity index (χ0n) is 9.73. The minimum Gasteiger partial charge on any atom is -0.466 e. The van der Waals surface area contributed by atoms with Crippen LogP contribution in [0.15, 0.2) is 18.3 Å². The van der Waals surface area contributed by atoms with Crippen LogP contribution in [-0.4, -0.2) is 30.6 Å². The van der Waals surface area contributed by atoms with Crippen molar-refractivity contribution in [2.24, 2.45) is 5.92 Å². The fraction of sp³-hybridized carbons (Fsp3) is 0.500. The fourth-order valence-electron chi connectivity index (χ4n) is 2.04. The molecular formula is C12H15ClN2O2. The molecule has 0 amide bonds. The Labute approximate surface area is 106 Å². The van der Waals surface area contributed by atoms with Gasteiger partial charge in [0, 0.05) is 25.0 Å². The molecule has 2 rings (SSSR count). The van der Waals surface area contributed by atoms with Gasteiger partial charge in [-0.15, -0.1) is 0 Å². The third kappa shape index (κ3) is 2.88. The van der Waals surface area contributed by atoms with Gasteiger partial charge in [-0.2, -0.15) is 0 Å². The summed E-state index contributed by atoms with van der Waals surface area (Å²) in [4.78, 5) is 17.7. The first-order valence-electron chi connectivity index (χ1n) is 5.74. The molecule has 0 bridgehead atoms. The van der Waals surface area contributed by atoms with Crippen molar-refractivity contribution in [1.82, 2.24) is 4.98 Å². The number of rotatable bonds is 3. The summed E-state index contributed by atoms with van der Waals surface area (Å²) >= 11 is 5.84. The molecule has 2 heterocycles. The van der Waals surface area contributed by atoms with E-state index >= 15 is 0 Å². The second-order valence-electron chi connectivity index (χ2n) is 4.02. The molecule has 0 unspecified atom stereocenters. The standard InChI is InChI=1S/C12H15ClN2O2/c1-2-17-12(16)9-4-6-15(8-9)10-3-5-14-11(13)7-10/h3,5,7,9H,2,4,6,8H2,1H3/t9-/m0/s1. The minimum absolute atomic E-state index is 0.0260. The predicted octanol–water partition coefficient (Wildman–Crippen LogP) is 2.12. The van der Waals surface area contributed by atoms with E-state index in [1.165, 1.54) is 0 Å². The largest absolute Gasteiger partial charge is 0.466 e. The van der Waals surface area contributed by atoms with Crippen molar-refractivity contribution in [3.8, 4) is 0 Å². The Morgan fingerprint density at radius 2 is 2.53 bits per heavy atom. The van der Waals surface area contributed by atoms with Gasteiger partial charge in [-0.05, 0) is 25.5 Å². The number of esters is 1. The highest BCUT2D eigenvalue weighted by Gasteiger charge is 2.29. The van der Waals surface area contributed by atoms with Gasteiger partial charge in [-0.25, -0.2) is 4.98 Å². The Morgan fingerprint density at radius 3 is 3.24 bits per heavy atom. The first kappa shape index (κ1) is 12.2. The maximum atomic E-state index is 11.6. The minimum atomic E-state index is -0.102. The van der Waals surface area contributed by atoms with Gasteiger partial charge in [0.2, 0.25) is 0 Å². The van der Waals surface area contributed by atoms with E-state index in [9.17, 15) is 4.79 Å². The monoisotopic (exact) mass is 254 g/mol. The van der Waals surface area contributed by atoms with E-state index in [0.29, 0.717) is 18.3 Å². The summed E-state index contributed by atoms with van der Waals surface area (Å²) in [6.07, 6.45) is 2.51. The second kappa shape index (κ2) is 5.36. The number of hydrogen-bond donors (Lipinski definition) is 0. The molecule has 0 saturated carbocycles. The summed E-state index contributed by atoms with van der Waals surface area (Å²) in [5.74, 6) is -0.128. The number of carbonyl (C=O) groups is 1. The first-order chi connectivity index (χ1) is 8.20. The van der Waals surface area contributed by atoms with Crippen LogP contribution in [0.5, 0.6) is 0 Å². The molecule has 1 atom stereocenters. The molecular weight excluding hydrogens is 240 g/mol. The quantitative estimate of drug-likeness (QED) is 0.612. The Kier molecular flexibility index (Phi) is 3.84. The molecule has 0 aliphatic carbocycles. The molecule has 1 saturated heterocycles. The molecule has 0 radical (unpaired) electrons. The number of ether oxygens (including phenoxy) is 1. The summed E-state index contributed by atoms with van der Waals surface area (Å²) in [7, 11) is 0. The van der Waals surface area contributed by atoms with E-state index in [1.807, 2.05) is 19.1 Å². The van der Waals surface area contributed by atoms with Gasteiger partial charge < -0.3 is 9.64 Å². The number of anilines is 1. The lowest BCUT2D eigenvalue weighted by molar-refractivity contribution is -0.147. The number of carbonyl (C=O) groups excluding carboxylic acids is 1. The average molecular weight is 255 g/mol. The summed E-state index contributed by atoms with van der Waals surface area (Å²) < 4.78 is 5.03. The van der Waals surface area contributed by atoms with Crippen molar-refractivity contribution in [2.75, 3.05) is 24.6 Å². The summed E-state index contributed by atoms with van der Waals surface area (Å²) in [6.45, 7) is 3.81. The SMILES string of the molecule is CCOC(=O)[C@H]1CCN(c2ccnc(Cl)c2)C1. The van der Waals surface area contributed by atoms with Crippen LogP contribution in [0.1, 0.15) is 13.3 Å². The Hall–Kier alpha value is -1.29. The van der Waals surface area contributed by atoms with Gasteiger partial charge in [0.05, 0.1) is 12.5 Å². The highest BCUT2D eigenvalue weighted by atomic mass is 35.5. The van der Waals surface area contributed by atoms with E-state index in [-0.39, 0.29) is 11.9 Å². The van der Waals surface area contributed by atoms with Crippen LogP contribution >= 0.6 is 11.6 Å². The van der Waals surface area contributed by atoms with Crippen LogP contribution in [0.25, 0.3) is 0 Å². The molecule has 92 valence electrons. The third-order valence-electron chi connectivity index (χ3n) is 2.88. The fourth-order valence-corrected chi connectivity index (χ4v) is 2.20. The van der Waals surface area contributed by atoms with Gasteiger partial charge in [0.15, 0.2) is 0 Å². The van der Waals surface area contributed by atoms with Gasteiger partial charge >= 0.3 is 5.97 Å². The third-order valence-corrected chi connectivity index (χ3v) is 3.09. The molecule has 17 heavy (non-hydrogen) atoms. The van der Waals surface area contributed by atoms with Crippen LogP contribution in [0.2, 0.25) is 5.15 Å². The Balaban J connectivity index is 2.00. The van der Waals surface area contributed by atoms with Crippen molar-refractivity contribution in [1.29, 1.82) is 0 Å². The molecule has 1 aromatic heterocycles. The molecule has 0 aromatic carbocycles. The van der Waals surface area contributed by atoms with Crippen molar-refractivity contribution in [3.05, 3.63) is 23.5 Å². The molecule has 0 spiro atoms. The lowest BCUT2D eigenvalue weighted by atomic mass is 10.1.